The maximum Gasteiger partial charge on any atom is 0.410 e. The van der Waals surface area contributed by atoms with Gasteiger partial charge in [0, 0.05) is 19.6 Å². The van der Waals surface area contributed by atoms with Crippen molar-refractivity contribution < 1.29 is 18.7 Å². The van der Waals surface area contributed by atoms with Gasteiger partial charge in [0.2, 0.25) is 5.91 Å². The van der Waals surface area contributed by atoms with E-state index < -0.39 is 5.60 Å². The number of nitrogens with one attached hydrogen (secondary N) is 1. The molecule has 2 amide bonds. The summed E-state index contributed by atoms with van der Waals surface area (Å²) in [6.45, 7) is 9.68. The van der Waals surface area contributed by atoms with Gasteiger partial charge >= 0.3 is 6.09 Å². The van der Waals surface area contributed by atoms with Gasteiger partial charge in [-0.15, -0.1) is 0 Å². The predicted molar refractivity (Wildman–Crippen MR) is 103 cm³/mol. The van der Waals surface area contributed by atoms with Crippen molar-refractivity contribution in [2.45, 2.75) is 52.6 Å². The summed E-state index contributed by atoms with van der Waals surface area (Å²) in [5.74, 6) is 0.351. The van der Waals surface area contributed by atoms with E-state index in [1.54, 1.807) is 17.0 Å². The highest BCUT2D eigenvalue weighted by Crippen LogP contribution is 2.25. The molecule has 1 aliphatic rings. The predicted octanol–water partition coefficient (Wildman–Crippen LogP) is 3.77. The molecule has 6 heteroatoms. The smallest absolute Gasteiger partial charge is 0.410 e. The molecule has 1 aromatic carbocycles. The highest BCUT2D eigenvalue weighted by molar-refractivity contribution is 5.78. The first-order chi connectivity index (χ1) is 12.6. The maximum atomic E-state index is 13.2. The van der Waals surface area contributed by atoms with Crippen LogP contribution in [0.3, 0.4) is 0 Å². The van der Waals surface area contributed by atoms with Gasteiger partial charge in [-0.2, -0.15) is 0 Å². The van der Waals surface area contributed by atoms with Gasteiger partial charge < -0.3 is 15.0 Å². The Morgan fingerprint density at radius 1 is 1.30 bits per heavy atom. The van der Waals surface area contributed by atoms with Gasteiger partial charge in [-0.3, -0.25) is 4.79 Å². The van der Waals surface area contributed by atoms with Crippen LogP contribution in [0.2, 0.25) is 0 Å². The van der Waals surface area contributed by atoms with Crippen LogP contribution >= 0.6 is 0 Å². The minimum atomic E-state index is -0.479. The van der Waals surface area contributed by atoms with Crippen LogP contribution in [-0.4, -0.2) is 42.1 Å². The van der Waals surface area contributed by atoms with Crippen molar-refractivity contribution in [2.24, 2.45) is 11.8 Å². The Bertz CT molecular complexity index is 649. The number of amides is 2. The van der Waals surface area contributed by atoms with Crippen molar-refractivity contribution in [3.8, 4) is 0 Å². The summed E-state index contributed by atoms with van der Waals surface area (Å²) in [7, 11) is 0. The minimum absolute atomic E-state index is 0.0985. The number of piperidine rings is 1. The lowest BCUT2D eigenvalue weighted by molar-refractivity contribution is -0.120. The molecule has 0 aliphatic carbocycles. The fraction of sp³-hybridized carbons (Fsp3) is 0.619. The second-order valence-electron chi connectivity index (χ2n) is 8.39. The van der Waals surface area contributed by atoms with Crippen LogP contribution in [0.15, 0.2) is 24.3 Å². The third-order valence-corrected chi connectivity index (χ3v) is 4.87. The second kappa shape index (κ2) is 9.20. The van der Waals surface area contributed by atoms with E-state index in [4.69, 9.17) is 4.74 Å². The van der Waals surface area contributed by atoms with Crippen LogP contribution in [0, 0.1) is 17.7 Å². The van der Waals surface area contributed by atoms with Crippen molar-refractivity contribution in [1.82, 2.24) is 10.2 Å². The van der Waals surface area contributed by atoms with Crippen molar-refractivity contribution in [3.05, 3.63) is 35.6 Å². The monoisotopic (exact) mass is 378 g/mol. The molecule has 1 aromatic rings. The van der Waals surface area contributed by atoms with Gasteiger partial charge in [-0.1, -0.05) is 19.1 Å². The molecule has 5 nitrogen and oxygen atoms in total. The van der Waals surface area contributed by atoms with Crippen LogP contribution in [0.4, 0.5) is 9.18 Å². The summed E-state index contributed by atoms with van der Waals surface area (Å²) < 4.78 is 18.6. The van der Waals surface area contributed by atoms with Crippen LogP contribution < -0.4 is 5.32 Å². The van der Waals surface area contributed by atoms with E-state index in [9.17, 15) is 14.0 Å². The summed E-state index contributed by atoms with van der Waals surface area (Å²) in [5, 5.41) is 2.95. The van der Waals surface area contributed by atoms with E-state index in [0.717, 1.165) is 12.8 Å². The van der Waals surface area contributed by atoms with Crippen LogP contribution in [0.1, 0.15) is 46.1 Å². The zero-order valence-electron chi connectivity index (χ0n) is 16.8. The Balaban J connectivity index is 1.72. The Kier molecular flexibility index (Phi) is 7.22. The molecule has 1 heterocycles. The highest BCUT2D eigenvalue weighted by atomic mass is 19.1. The topological polar surface area (TPSA) is 58.6 Å². The highest BCUT2D eigenvalue weighted by Gasteiger charge is 2.29. The van der Waals surface area contributed by atoms with E-state index >= 15 is 0 Å². The van der Waals surface area contributed by atoms with Gasteiger partial charge in [-0.25, -0.2) is 9.18 Å². The van der Waals surface area contributed by atoms with Gasteiger partial charge in [-0.05, 0) is 63.1 Å². The van der Waals surface area contributed by atoms with Gasteiger partial charge in [0.15, 0.2) is 0 Å². The summed E-state index contributed by atoms with van der Waals surface area (Å²) in [4.78, 5) is 26.0. The lowest BCUT2D eigenvalue weighted by atomic mass is 9.85. The van der Waals surface area contributed by atoms with Crippen molar-refractivity contribution in [2.75, 3.05) is 19.6 Å². The third-order valence-electron chi connectivity index (χ3n) is 4.87. The molecular weight excluding hydrogens is 347 g/mol. The molecule has 0 radical (unpaired) electrons. The average Bonchev–Trinajstić information content (AvgIpc) is 2.58. The first kappa shape index (κ1) is 21.2. The molecule has 0 bridgehead atoms. The number of hydrogen-bond acceptors (Lipinski definition) is 3. The molecule has 1 atom stereocenters. The number of likely N-dealkylation sites (tertiary alicyclic amines) is 1. The molecule has 1 fully saturated rings. The zero-order chi connectivity index (χ0) is 20.0. The lowest BCUT2D eigenvalue weighted by Crippen LogP contribution is -2.43. The van der Waals surface area contributed by atoms with E-state index in [1.807, 2.05) is 20.8 Å². The number of carbonyl (C=O) groups excluding carboxylic acids is 2. The molecule has 2 rings (SSSR count). The molecule has 1 unspecified atom stereocenters. The number of benzene rings is 1. The summed E-state index contributed by atoms with van der Waals surface area (Å²) in [6, 6.07) is 6.11. The normalized spacial score (nSPS) is 16.7. The largest absolute Gasteiger partial charge is 0.444 e. The van der Waals surface area contributed by atoms with Gasteiger partial charge in [0.25, 0.3) is 0 Å². The van der Waals surface area contributed by atoms with E-state index in [2.05, 4.69) is 12.2 Å². The number of carbonyl (C=O) groups is 2. The second-order valence-corrected chi connectivity index (χ2v) is 8.39. The van der Waals surface area contributed by atoms with E-state index in [1.165, 1.54) is 12.1 Å². The maximum absolute atomic E-state index is 13.2. The molecule has 1 aliphatic heterocycles. The quantitative estimate of drug-likeness (QED) is 0.849. The fourth-order valence-corrected chi connectivity index (χ4v) is 3.31. The third kappa shape index (κ3) is 7.19. The Labute approximate surface area is 161 Å². The number of ether oxygens (including phenoxy) is 1. The SMILES string of the molecule is CC(CNC(=O)Cc1cccc(F)c1)C1CCN(C(=O)OC(C)(C)C)CC1. The molecular formula is C21H31FN2O3. The van der Waals surface area contributed by atoms with Crippen LogP contribution in [0.5, 0.6) is 0 Å². The van der Waals surface area contributed by atoms with E-state index in [-0.39, 0.29) is 24.2 Å². The first-order valence-electron chi connectivity index (χ1n) is 9.63. The molecule has 0 saturated carbocycles. The van der Waals surface area contributed by atoms with E-state index in [0.29, 0.717) is 37.0 Å². The molecule has 27 heavy (non-hydrogen) atoms. The van der Waals surface area contributed by atoms with Crippen LogP contribution in [0.25, 0.3) is 0 Å². The van der Waals surface area contributed by atoms with Crippen molar-refractivity contribution >= 4 is 12.0 Å². The zero-order valence-corrected chi connectivity index (χ0v) is 16.8. The number of rotatable bonds is 5. The molecule has 150 valence electrons. The molecule has 0 aromatic heterocycles. The lowest BCUT2D eigenvalue weighted by Gasteiger charge is -2.35. The first-order valence-corrected chi connectivity index (χ1v) is 9.63. The van der Waals surface area contributed by atoms with Crippen LogP contribution in [-0.2, 0) is 16.0 Å². The molecule has 1 N–H and O–H groups in total. The Hall–Kier alpha value is -2.11. The van der Waals surface area contributed by atoms with Crippen molar-refractivity contribution in [1.29, 1.82) is 0 Å². The van der Waals surface area contributed by atoms with Crippen molar-refractivity contribution in [3.63, 3.8) is 0 Å². The summed E-state index contributed by atoms with van der Waals surface area (Å²) in [5.41, 5.74) is 0.193. The fourth-order valence-electron chi connectivity index (χ4n) is 3.31. The van der Waals surface area contributed by atoms with Gasteiger partial charge in [0.1, 0.15) is 11.4 Å². The number of nitrogens with zero attached hydrogens (tertiary/aromatic N) is 1. The number of hydrogen-bond donors (Lipinski definition) is 1. The standard InChI is InChI=1S/C21H31FN2O3/c1-15(14-23-19(25)13-16-6-5-7-18(22)12-16)17-8-10-24(11-9-17)20(26)27-21(2,3)4/h5-7,12,15,17H,8-11,13-14H2,1-4H3,(H,23,25). The molecule has 0 spiro atoms. The Morgan fingerprint density at radius 2 is 1.96 bits per heavy atom. The van der Waals surface area contributed by atoms with Gasteiger partial charge in [0.05, 0.1) is 6.42 Å². The Morgan fingerprint density at radius 3 is 2.56 bits per heavy atom. The average molecular weight is 378 g/mol. The summed E-state index contributed by atoms with van der Waals surface area (Å²) >= 11 is 0. The summed E-state index contributed by atoms with van der Waals surface area (Å²) in [6.07, 6.45) is 1.74. The number of halogens is 1. The minimum Gasteiger partial charge on any atom is -0.444 e. The molecule has 1 saturated heterocycles.